The smallest absolute Gasteiger partial charge is 0.0713 e. The van der Waals surface area contributed by atoms with Crippen LogP contribution in [0.5, 0.6) is 0 Å². The molecule has 0 amide bonds. The summed E-state index contributed by atoms with van der Waals surface area (Å²) in [6.45, 7) is 0. The molecule has 0 spiro atoms. The molecule has 72 heavy (non-hydrogen) atoms. The molecule has 0 unspecified atom stereocenters. The molecule has 338 valence electrons. The zero-order valence-electron chi connectivity index (χ0n) is 39.7. The summed E-state index contributed by atoms with van der Waals surface area (Å²) >= 11 is 0. The van der Waals surface area contributed by atoms with Gasteiger partial charge >= 0.3 is 0 Å². The maximum absolute atomic E-state index is 2.39. The fourth-order valence-electron chi connectivity index (χ4n) is 11.4. The number of benzene rings is 12. The van der Waals surface area contributed by atoms with E-state index in [0.717, 1.165) is 22.6 Å². The first kappa shape index (κ1) is 42.8. The van der Waals surface area contributed by atoms with Crippen molar-refractivity contribution in [1.29, 1.82) is 0 Å². The lowest BCUT2D eigenvalue weighted by Gasteiger charge is -2.34. The second-order valence-corrected chi connectivity index (χ2v) is 18.8. The summed E-state index contributed by atoms with van der Waals surface area (Å²) in [4.78, 5) is 2.39. The van der Waals surface area contributed by atoms with Gasteiger partial charge in [0.15, 0.2) is 0 Å². The first-order chi connectivity index (χ1) is 35.7. The minimum atomic E-state index is -0.461. The molecule has 1 aliphatic carbocycles. The van der Waals surface area contributed by atoms with Gasteiger partial charge in [0.2, 0.25) is 0 Å². The quantitative estimate of drug-likeness (QED) is 0.132. The Bertz CT molecular complexity index is 3830. The maximum atomic E-state index is 2.39. The highest BCUT2D eigenvalue weighted by Crippen LogP contribution is 2.58. The monoisotopic (exact) mass is 915 g/mol. The Kier molecular flexibility index (Phi) is 10.8. The van der Waals surface area contributed by atoms with Crippen LogP contribution in [0.2, 0.25) is 0 Å². The molecule has 1 aliphatic rings. The third-order valence-corrected chi connectivity index (χ3v) is 14.8. The Morgan fingerprint density at radius 2 is 0.653 bits per heavy atom. The molecule has 0 fully saturated rings. The van der Waals surface area contributed by atoms with Gasteiger partial charge in [-0.2, -0.15) is 0 Å². The van der Waals surface area contributed by atoms with E-state index in [-0.39, 0.29) is 0 Å². The first-order valence-electron chi connectivity index (χ1n) is 24.9. The molecule has 0 atom stereocenters. The summed E-state index contributed by atoms with van der Waals surface area (Å²) < 4.78 is 0. The lowest BCUT2D eigenvalue weighted by molar-refractivity contribution is 0.768. The van der Waals surface area contributed by atoms with Crippen molar-refractivity contribution in [3.8, 4) is 66.8 Å². The van der Waals surface area contributed by atoms with Crippen LogP contribution in [0, 0.1) is 0 Å². The van der Waals surface area contributed by atoms with Crippen LogP contribution in [0.1, 0.15) is 22.3 Å². The molecule has 0 bridgehead atoms. The van der Waals surface area contributed by atoms with Gasteiger partial charge in [-0.1, -0.05) is 255 Å². The van der Waals surface area contributed by atoms with Gasteiger partial charge in [-0.25, -0.2) is 0 Å². The minimum absolute atomic E-state index is 0.461. The van der Waals surface area contributed by atoms with Crippen LogP contribution in [0.15, 0.2) is 297 Å². The highest BCUT2D eigenvalue weighted by Gasteiger charge is 2.46. The van der Waals surface area contributed by atoms with E-state index in [9.17, 15) is 0 Å². The average Bonchev–Trinajstić information content (AvgIpc) is 3.78. The van der Waals surface area contributed by atoms with E-state index in [4.69, 9.17) is 0 Å². The third kappa shape index (κ3) is 7.42. The lowest BCUT2D eigenvalue weighted by atomic mass is 9.67. The molecule has 12 aromatic carbocycles. The molecule has 1 nitrogen and oxygen atoms in total. The Morgan fingerprint density at radius 3 is 1.33 bits per heavy atom. The van der Waals surface area contributed by atoms with Crippen molar-refractivity contribution in [3.63, 3.8) is 0 Å². The third-order valence-electron chi connectivity index (χ3n) is 14.8. The summed E-state index contributed by atoms with van der Waals surface area (Å²) in [6, 6.07) is 109. The Labute approximate surface area is 422 Å². The lowest BCUT2D eigenvalue weighted by Crippen LogP contribution is -2.28. The topological polar surface area (TPSA) is 3.24 Å². The molecule has 0 N–H and O–H groups in total. The number of rotatable bonds is 10. The molecule has 0 heterocycles. The first-order valence-corrected chi connectivity index (χ1v) is 24.9. The summed E-state index contributed by atoms with van der Waals surface area (Å²) in [5.41, 5.74) is 22.5. The van der Waals surface area contributed by atoms with Crippen LogP contribution in [0.4, 0.5) is 17.1 Å². The van der Waals surface area contributed by atoms with Crippen molar-refractivity contribution >= 4 is 27.8 Å². The molecule has 0 radical (unpaired) electrons. The largest absolute Gasteiger partial charge is 0.310 e. The van der Waals surface area contributed by atoms with Gasteiger partial charge in [-0.15, -0.1) is 0 Å². The standard InChI is InChI=1S/C71H49N/c1-4-18-50(19-5-1)56-22-14-23-57(48-56)52-40-44-61(45-41-52)72(63-29-15-24-58(49-63)51-36-38-54(39-37-51)65-32-16-21-53-20-10-11-30-64(53)65)62-46-42-55(43-47-62)66-33-17-35-69-70(66)67-31-12-13-34-68(67)71(69,59-25-6-2-7-26-59)60-27-8-3-9-28-60/h1-49H. The van der Waals surface area contributed by atoms with E-state index in [1.807, 2.05) is 0 Å². The Balaban J connectivity index is 0.906. The fourth-order valence-corrected chi connectivity index (χ4v) is 11.4. The molecule has 0 aromatic heterocycles. The van der Waals surface area contributed by atoms with E-state index >= 15 is 0 Å². The normalized spacial score (nSPS) is 12.3. The average molecular weight is 916 g/mol. The number of hydrogen-bond donors (Lipinski definition) is 0. The van der Waals surface area contributed by atoms with Gasteiger partial charge in [0.05, 0.1) is 5.41 Å². The van der Waals surface area contributed by atoms with Gasteiger partial charge in [0, 0.05) is 17.1 Å². The number of anilines is 3. The van der Waals surface area contributed by atoms with E-state index < -0.39 is 5.41 Å². The summed E-state index contributed by atoms with van der Waals surface area (Å²) in [5.74, 6) is 0. The summed E-state index contributed by atoms with van der Waals surface area (Å²) in [6.07, 6.45) is 0. The molecule has 0 saturated heterocycles. The van der Waals surface area contributed by atoms with Crippen LogP contribution in [0.3, 0.4) is 0 Å². The second-order valence-electron chi connectivity index (χ2n) is 18.8. The molecule has 12 aromatic rings. The highest BCUT2D eigenvalue weighted by atomic mass is 15.1. The SMILES string of the molecule is c1ccc(-c2cccc(-c3ccc(N(c4ccc(-c5cccc6c5-c5ccccc5C6(c5ccccc5)c5ccccc5)cc4)c4cccc(-c5ccc(-c6cccc7ccccc67)cc5)c4)cc3)c2)cc1. The predicted molar refractivity (Wildman–Crippen MR) is 303 cm³/mol. The molecule has 13 rings (SSSR count). The maximum Gasteiger partial charge on any atom is 0.0713 e. The van der Waals surface area contributed by atoms with Crippen molar-refractivity contribution in [2.24, 2.45) is 0 Å². The second kappa shape index (κ2) is 18.2. The highest BCUT2D eigenvalue weighted by molar-refractivity contribution is 5.98. The van der Waals surface area contributed by atoms with E-state index in [1.54, 1.807) is 0 Å². The molecule has 0 saturated carbocycles. The minimum Gasteiger partial charge on any atom is -0.310 e. The number of fused-ring (bicyclic) bond motifs is 4. The van der Waals surface area contributed by atoms with Gasteiger partial charge in [-0.05, 0) is 142 Å². The zero-order chi connectivity index (χ0) is 47.8. The van der Waals surface area contributed by atoms with Crippen LogP contribution in [-0.4, -0.2) is 0 Å². The van der Waals surface area contributed by atoms with Crippen molar-refractivity contribution < 1.29 is 0 Å². The zero-order valence-corrected chi connectivity index (χ0v) is 39.7. The molecular formula is C71H49N. The fraction of sp³-hybridized carbons (Fsp3) is 0.0141. The van der Waals surface area contributed by atoms with E-state index in [2.05, 4.69) is 302 Å². The van der Waals surface area contributed by atoms with Crippen molar-refractivity contribution in [2.75, 3.05) is 4.90 Å². The molecule has 0 aliphatic heterocycles. The van der Waals surface area contributed by atoms with Gasteiger partial charge in [0.1, 0.15) is 0 Å². The van der Waals surface area contributed by atoms with Crippen molar-refractivity contribution in [1.82, 2.24) is 0 Å². The number of nitrogens with zero attached hydrogens (tertiary/aromatic N) is 1. The Hall–Kier alpha value is -9.30. The van der Waals surface area contributed by atoms with Gasteiger partial charge in [-0.3, -0.25) is 0 Å². The molecular weight excluding hydrogens is 867 g/mol. The van der Waals surface area contributed by atoms with Gasteiger partial charge in [0.25, 0.3) is 0 Å². The van der Waals surface area contributed by atoms with E-state index in [0.29, 0.717) is 0 Å². The van der Waals surface area contributed by atoms with Crippen LogP contribution < -0.4 is 4.90 Å². The van der Waals surface area contributed by atoms with Crippen LogP contribution in [0.25, 0.3) is 77.5 Å². The number of hydrogen-bond acceptors (Lipinski definition) is 1. The summed E-state index contributed by atoms with van der Waals surface area (Å²) in [7, 11) is 0. The van der Waals surface area contributed by atoms with Crippen molar-refractivity contribution in [2.45, 2.75) is 5.41 Å². The van der Waals surface area contributed by atoms with E-state index in [1.165, 1.54) is 94.2 Å². The predicted octanol–water partition coefficient (Wildman–Crippen LogP) is 19.0. The van der Waals surface area contributed by atoms with Crippen LogP contribution >= 0.6 is 0 Å². The van der Waals surface area contributed by atoms with Crippen molar-refractivity contribution in [3.05, 3.63) is 320 Å². The van der Waals surface area contributed by atoms with Gasteiger partial charge < -0.3 is 4.90 Å². The Morgan fingerprint density at radius 1 is 0.236 bits per heavy atom. The molecule has 1 heteroatoms. The summed E-state index contributed by atoms with van der Waals surface area (Å²) in [5, 5.41) is 2.51. The van der Waals surface area contributed by atoms with Crippen LogP contribution in [-0.2, 0) is 5.41 Å².